The highest BCUT2D eigenvalue weighted by Crippen LogP contribution is 2.32. The van der Waals surface area contributed by atoms with E-state index in [4.69, 9.17) is 33.3 Å². The van der Waals surface area contributed by atoms with Gasteiger partial charge in [0, 0.05) is 11.1 Å². The molecular weight excluding hydrogens is 392 g/mol. The van der Waals surface area contributed by atoms with Crippen LogP contribution in [0.4, 0.5) is 11.4 Å². The smallest absolute Gasteiger partial charge is 0.337 e. The maximum atomic E-state index is 10.9. The summed E-state index contributed by atoms with van der Waals surface area (Å²) in [7, 11) is 0. The van der Waals surface area contributed by atoms with Gasteiger partial charge in [0.2, 0.25) is 0 Å². The molecule has 0 aliphatic rings. The molecule has 0 radical (unpaired) electrons. The topological polar surface area (TPSA) is 127 Å². The molecular formula is C22H17ClN2O4. The Labute approximate surface area is 170 Å². The molecule has 0 fully saturated rings. The van der Waals surface area contributed by atoms with E-state index in [0.717, 1.165) is 21.5 Å². The summed E-state index contributed by atoms with van der Waals surface area (Å²) in [6.45, 7) is 0. The zero-order valence-corrected chi connectivity index (χ0v) is 15.9. The standard InChI is InChI=1S/C11H8ClNO2.C11H9NO2/c12-9-7-4-2-1-3-6(7)5-8(10(9)13)11(14)15;12-10-6-8-4-2-1-3-7(8)5-9(10)11(13)14/h1-5H,13H2,(H,14,15);1-6H,12H2,(H,13,14). The van der Waals surface area contributed by atoms with Crippen LogP contribution in [-0.2, 0) is 0 Å². The number of nitrogen functional groups attached to an aromatic ring is 2. The summed E-state index contributed by atoms with van der Waals surface area (Å²) >= 11 is 5.99. The molecule has 7 heteroatoms. The van der Waals surface area contributed by atoms with E-state index in [1.165, 1.54) is 6.07 Å². The summed E-state index contributed by atoms with van der Waals surface area (Å²) in [6.07, 6.45) is 0. The van der Waals surface area contributed by atoms with Gasteiger partial charge < -0.3 is 21.7 Å². The largest absolute Gasteiger partial charge is 0.478 e. The number of carboxylic acid groups (broad SMARTS) is 2. The molecule has 4 aromatic carbocycles. The molecule has 6 N–H and O–H groups in total. The fraction of sp³-hybridized carbons (Fsp3) is 0. The van der Waals surface area contributed by atoms with E-state index in [1.54, 1.807) is 24.3 Å². The molecule has 0 saturated heterocycles. The van der Waals surface area contributed by atoms with E-state index in [9.17, 15) is 9.59 Å². The van der Waals surface area contributed by atoms with Gasteiger partial charge in [-0.15, -0.1) is 0 Å². The van der Waals surface area contributed by atoms with Crippen LogP contribution < -0.4 is 11.5 Å². The van der Waals surface area contributed by atoms with Gasteiger partial charge in [0.05, 0.1) is 21.8 Å². The Hall–Kier alpha value is -3.77. The quantitative estimate of drug-likeness (QED) is 0.349. The summed E-state index contributed by atoms with van der Waals surface area (Å²) in [4.78, 5) is 21.7. The lowest BCUT2D eigenvalue weighted by Gasteiger charge is -2.07. The molecule has 0 aliphatic carbocycles. The molecule has 4 aromatic rings. The second-order valence-electron chi connectivity index (χ2n) is 6.27. The lowest BCUT2D eigenvalue weighted by molar-refractivity contribution is 0.0687. The fourth-order valence-electron chi connectivity index (χ4n) is 2.94. The molecule has 29 heavy (non-hydrogen) atoms. The monoisotopic (exact) mass is 408 g/mol. The molecule has 0 spiro atoms. The van der Waals surface area contributed by atoms with Crippen LogP contribution in [0.5, 0.6) is 0 Å². The van der Waals surface area contributed by atoms with Crippen LogP contribution in [0.25, 0.3) is 21.5 Å². The average molecular weight is 409 g/mol. The first kappa shape index (κ1) is 20.0. The highest BCUT2D eigenvalue weighted by Gasteiger charge is 2.13. The predicted molar refractivity (Wildman–Crippen MR) is 116 cm³/mol. The Kier molecular flexibility index (Phi) is 5.57. The van der Waals surface area contributed by atoms with Gasteiger partial charge in [-0.05, 0) is 34.4 Å². The molecule has 0 bridgehead atoms. The first-order valence-electron chi connectivity index (χ1n) is 8.51. The van der Waals surface area contributed by atoms with Gasteiger partial charge in [0.1, 0.15) is 0 Å². The van der Waals surface area contributed by atoms with Crippen molar-refractivity contribution in [1.82, 2.24) is 0 Å². The van der Waals surface area contributed by atoms with Crippen LogP contribution >= 0.6 is 11.6 Å². The van der Waals surface area contributed by atoms with Crippen molar-refractivity contribution >= 4 is 56.5 Å². The number of carbonyl (C=O) groups is 2. The predicted octanol–water partition coefficient (Wildman–Crippen LogP) is 4.89. The fourth-order valence-corrected chi connectivity index (χ4v) is 3.21. The Balaban J connectivity index is 0.000000166. The number of carboxylic acids is 2. The zero-order chi connectivity index (χ0) is 21.1. The van der Waals surface area contributed by atoms with Gasteiger partial charge in [0.15, 0.2) is 0 Å². The van der Waals surface area contributed by atoms with E-state index >= 15 is 0 Å². The summed E-state index contributed by atoms with van der Waals surface area (Å²) in [6, 6.07) is 19.6. The van der Waals surface area contributed by atoms with Gasteiger partial charge in [-0.25, -0.2) is 9.59 Å². The maximum Gasteiger partial charge on any atom is 0.337 e. The number of rotatable bonds is 2. The highest BCUT2D eigenvalue weighted by molar-refractivity contribution is 6.39. The van der Waals surface area contributed by atoms with E-state index in [-0.39, 0.29) is 16.8 Å². The summed E-state index contributed by atoms with van der Waals surface area (Å²) in [5.41, 5.74) is 11.9. The Bertz CT molecular complexity index is 1250. The van der Waals surface area contributed by atoms with Crippen LogP contribution in [0, 0.1) is 0 Å². The minimum Gasteiger partial charge on any atom is -0.478 e. The van der Waals surface area contributed by atoms with E-state index in [1.807, 2.05) is 36.4 Å². The number of nitrogens with two attached hydrogens (primary N) is 2. The lowest BCUT2D eigenvalue weighted by atomic mass is 10.1. The number of benzene rings is 4. The molecule has 0 aliphatic heterocycles. The second kappa shape index (κ2) is 8.08. The zero-order valence-electron chi connectivity index (χ0n) is 15.1. The SMILES string of the molecule is Nc1c(C(=O)O)cc2ccccc2c1Cl.Nc1cc2ccccc2cc1C(=O)O. The van der Waals surface area contributed by atoms with Crippen molar-refractivity contribution in [2.24, 2.45) is 0 Å². The number of fused-ring (bicyclic) bond motifs is 2. The molecule has 0 heterocycles. The van der Waals surface area contributed by atoms with Gasteiger partial charge in [-0.3, -0.25) is 0 Å². The minimum absolute atomic E-state index is 0.0405. The Morgan fingerprint density at radius 1 is 0.724 bits per heavy atom. The average Bonchev–Trinajstić information content (AvgIpc) is 2.70. The van der Waals surface area contributed by atoms with E-state index < -0.39 is 11.9 Å². The highest BCUT2D eigenvalue weighted by atomic mass is 35.5. The van der Waals surface area contributed by atoms with Crippen molar-refractivity contribution in [2.45, 2.75) is 0 Å². The van der Waals surface area contributed by atoms with Crippen molar-refractivity contribution in [3.05, 3.63) is 82.9 Å². The first-order valence-corrected chi connectivity index (χ1v) is 8.89. The second-order valence-corrected chi connectivity index (χ2v) is 6.65. The number of anilines is 2. The van der Waals surface area contributed by atoms with Crippen molar-refractivity contribution in [3.63, 3.8) is 0 Å². The molecule has 0 amide bonds. The third-order valence-corrected chi connectivity index (χ3v) is 4.81. The van der Waals surface area contributed by atoms with Crippen molar-refractivity contribution < 1.29 is 19.8 Å². The van der Waals surface area contributed by atoms with Crippen molar-refractivity contribution in [2.75, 3.05) is 11.5 Å². The molecule has 4 rings (SSSR count). The Morgan fingerprint density at radius 2 is 1.21 bits per heavy atom. The van der Waals surface area contributed by atoms with Gasteiger partial charge in [-0.2, -0.15) is 0 Å². The van der Waals surface area contributed by atoms with Crippen molar-refractivity contribution in [3.8, 4) is 0 Å². The molecule has 6 nitrogen and oxygen atoms in total. The van der Waals surface area contributed by atoms with Crippen molar-refractivity contribution in [1.29, 1.82) is 0 Å². The van der Waals surface area contributed by atoms with Crippen LogP contribution in [0.2, 0.25) is 5.02 Å². The Morgan fingerprint density at radius 3 is 1.79 bits per heavy atom. The third kappa shape index (κ3) is 4.07. The number of halogens is 1. The third-order valence-electron chi connectivity index (χ3n) is 4.40. The van der Waals surface area contributed by atoms with Crippen LogP contribution in [0.3, 0.4) is 0 Å². The van der Waals surface area contributed by atoms with Gasteiger partial charge >= 0.3 is 11.9 Å². The van der Waals surface area contributed by atoms with Crippen LogP contribution in [-0.4, -0.2) is 22.2 Å². The first-order chi connectivity index (χ1) is 13.8. The van der Waals surface area contributed by atoms with E-state index in [0.29, 0.717) is 10.7 Å². The van der Waals surface area contributed by atoms with Gasteiger partial charge in [-0.1, -0.05) is 60.1 Å². The minimum atomic E-state index is -1.07. The van der Waals surface area contributed by atoms with Gasteiger partial charge in [0.25, 0.3) is 0 Å². The van der Waals surface area contributed by atoms with Crippen LogP contribution in [0.15, 0.2) is 66.7 Å². The maximum absolute atomic E-state index is 10.9. The summed E-state index contributed by atoms with van der Waals surface area (Å²) < 4.78 is 0. The molecule has 0 unspecified atom stereocenters. The van der Waals surface area contributed by atoms with E-state index in [2.05, 4.69) is 0 Å². The molecule has 0 aromatic heterocycles. The number of hydrogen-bond donors (Lipinski definition) is 4. The number of aromatic carboxylic acids is 2. The number of hydrogen-bond acceptors (Lipinski definition) is 4. The molecule has 0 atom stereocenters. The molecule has 0 saturated carbocycles. The molecule has 146 valence electrons. The summed E-state index contributed by atoms with van der Waals surface area (Å²) in [5, 5.41) is 21.4. The lowest BCUT2D eigenvalue weighted by Crippen LogP contribution is -2.03. The summed E-state index contributed by atoms with van der Waals surface area (Å²) in [5.74, 6) is -2.06. The van der Waals surface area contributed by atoms with Crippen LogP contribution in [0.1, 0.15) is 20.7 Å². The normalized spacial score (nSPS) is 10.4.